The Balaban J connectivity index is 1.81. The van der Waals surface area contributed by atoms with Gasteiger partial charge in [-0.25, -0.2) is 9.59 Å². The Bertz CT molecular complexity index is 784. The average Bonchev–Trinajstić information content (AvgIpc) is 3.11. The van der Waals surface area contributed by atoms with E-state index >= 15 is 0 Å². The minimum Gasteiger partial charge on any atom is -0.494 e. The van der Waals surface area contributed by atoms with Crippen LogP contribution in [0.2, 0.25) is 10.0 Å². The van der Waals surface area contributed by atoms with Crippen molar-refractivity contribution in [3.8, 4) is 5.75 Å². The number of esters is 1. The van der Waals surface area contributed by atoms with Crippen LogP contribution in [0.25, 0.3) is 0 Å². The van der Waals surface area contributed by atoms with Gasteiger partial charge in [0.25, 0.3) is 5.91 Å². The molecule has 0 fully saturated rings. The van der Waals surface area contributed by atoms with Gasteiger partial charge in [-0.05, 0) is 24.3 Å². The number of nitrogens with one attached hydrogen (secondary N) is 2. The van der Waals surface area contributed by atoms with E-state index in [1.54, 1.807) is 12.1 Å². The van der Waals surface area contributed by atoms with Crippen LogP contribution >= 0.6 is 23.2 Å². The Labute approximate surface area is 158 Å². The summed E-state index contributed by atoms with van der Waals surface area (Å²) >= 11 is 11.9. The first-order chi connectivity index (χ1) is 12.4. The summed E-state index contributed by atoms with van der Waals surface area (Å²) in [5.74, 6) is -0.897. The van der Waals surface area contributed by atoms with Crippen molar-refractivity contribution in [1.29, 1.82) is 0 Å². The van der Waals surface area contributed by atoms with E-state index in [1.165, 1.54) is 25.5 Å². The SMILES string of the molecule is COc1c(Cl)cc(C(=O)OCC(=O)NC(=O)NCc2ccco2)cc1Cl. The van der Waals surface area contributed by atoms with Crippen molar-refractivity contribution in [2.75, 3.05) is 13.7 Å². The number of furan rings is 1. The highest BCUT2D eigenvalue weighted by Crippen LogP contribution is 2.33. The van der Waals surface area contributed by atoms with Crippen LogP contribution in [0.4, 0.5) is 4.79 Å². The molecule has 0 unspecified atom stereocenters. The van der Waals surface area contributed by atoms with Crippen molar-refractivity contribution in [1.82, 2.24) is 10.6 Å². The summed E-state index contributed by atoms with van der Waals surface area (Å²) in [6.07, 6.45) is 1.46. The van der Waals surface area contributed by atoms with Crippen LogP contribution in [-0.4, -0.2) is 31.6 Å². The number of urea groups is 1. The van der Waals surface area contributed by atoms with E-state index in [0.717, 1.165) is 0 Å². The van der Waals surface area contributed by atoms with Gasteiger partial charge in [0.15, 0.2) is 12.4 Å². The number of ether oxygens (including phenoxy) is 2. The average molecular weight is 401 g/mol. The van der Waals surface area contributed by atoms with Crippen LogP contribution in [0.1, 0.15) is 16.1 Å². The third kappa shape index (κ3) is 5.40. The minimum absolute atomic E-state index is 0.0378. The number of methoxy groups -OCH3 is 1. The van der Waals surface area contributed by atoms with Gasteiger partial charge in [-0.15, -0.1) is 0 Å². The fourth-order valence-electron chi connectivity index (χ4n) is 1.87. The molecule has 10 heteroatoms. The summed E-state index contributed by atoms with van der Waals surface area (Å²) in [7, 11) is 1.38. The maximum atomic E-state index is 11.9. The maximum absolute atomic E-state index is 11.9. The quantitative estimate of drug-likeness (QED) is 0.721. The second-order valence-corrected chi connectivity index (χ2v) is 5.67. The molecule has 2 N–H and O–H groups in total. The third-order valence-corrected chi connectivity index (χ3v) is 3.59. The molecule has 0 saturated heterocycles. The summed E-state index contributed by atoms with van der Waals surface area (Å²) < 4.78 is 14.8. The van der Waals surface area contributed by atoms with E-state index < -0.39 is 24.5 Å². The van der Waals surface area contributed by atoms with Crippen LogP contribution in [-0.2, 0) is 16.1 Å². The Kier molecular flexibility index (Phi) is 6.88. The van der Waals surface area contributed by atoms with Gasteiger partial charge in [0.2, 0.25) is 0 Å². The first kappa shape index (κ1) is 19.6. The molecule has 0 aliphatic carbocycles. The number of carbonyl (C=O) groups excluding carboxylic acids is 3. The number of rotatable bonds is 6. The van der Waals surface area contributed by atoms with Crippen molar-refractivity contribution in [2.24, 2.45) is 0 Å². The van der Waals surface area contributed by atoms with E-state index in [4.69, 9.17) is 37.1 Å². The third-order valence-electron chi connectivity index (χ3n) is 3.03. The van der Waals surface area contributed by atoms with E-state index in [-0.39, 0.29) is 27.9 Å². The molecule has 0 spiro atoms. The molecule has 3 amide bonds. The fraction of sp³-hybridized carbons (Fsp3) is 0.188. The topological polar surface area (TPSA) is 107 Å². The second kappa shape index (κ2) is 9.12. The lowest BCUT2D eigenvalue weighted by Crippen LogP contribution is -2.41. The van der Waals surface area contributed by atoms with Crippen molar-refractivity contribution in [3.05, 3.63) is 51.9 Å². The molecule has 0 bridgehead atoms. The molecule has 1 aromatic carbocycles. The summed E-state index contributed by atoms with van der Waals surface area (Å²) in [5.41, 5.74) is 0.0378. The van der Waals surface area contributed by atoms with Gasteiger partial charge in [0.1, 0.15) is 5.76 Å². The van der Waals surface area contributed by atoms with Crippen LogP contribution < -0.4 is 15.4 Å². The molecule has 26 heavy (non-hydrogen) atoms. The van der Waals surface area contributed by atoms with Crippen LogP contribution in [0.3, 0.4) is 0 Å². The van der Waals surface area contributed by atoms with Gasteiger partial charge < -0.3 is 19.2 Å². The molecular weight excluding hydrogens is 387 g/mol. The molecule has 138 valence electrons. The number of carbonyl (C=O) groups is 3. The van der Waals surface area contributed by atoms with Gasteiger partial charge in [-0.2, -0.15) is 0 Å². The summed E-state index contributed by atoms with van der Waals surface area (Å²) in [6, 6.07) is 5.16. The molecule has 2 rings (SSSR count). The van der Waals surface area contributed by atoms with Crippen molar-refractivity contribution in [2.45, 2.75) is 6.54 Å². The molecular formula is C16H14Cl2N2O6. The lowest BCUT2D eigenvalue weighted by Gasteiger charge is -2.09. The lowest BCUT2D eigenvalue weighted by molar-refractivity contribution is -0.123. The molecule has 1 heterocycles. The molecule has 0 aliphatic heterocycles. The van der Waals surface area contributed by atoms with Gasteiger partial charge in [0, 0.05) is 0 Å². The standard InChI is InChI=1S/C16H14Cl2N2O6/c1-24-14-11(17)5-9(6-12(14)18)15(22)26-8-13(21)20-16(23)19-7-10-3-2-4-25-10/h2-6H,7-8H2,1H3,(H2,19,20,21,23). The fourth-order valence-corrected chi connectivity index (χ4v) is 2.52. The highest BCUT2D eigenvalue weighted by molar-refractivity contribution is 6.37. The highest BCUT2D eigenvalue weighted by atomic mass is 35.5. The largest absolute Gasteiger partial charge is 0.494 e. The zero-order valence-corrected chi connectivity index (χ0v) is 15.0. The number of hydrogen-bond acceptors (Lipinski definition) is 6. The van der Waals surface area contributed by atoms with E-state index in [9.17, 15) is 14.4 Å². The molecule has 2 aromatic rings. The first-order valence-electron chi connectivity index (χ1n) is 7.21. The minimum atomic E-state index is -0.831. The van der Waals surface area contributed by atoms with Gasteiger partial charge in [-0.3, -0.25) is 10.1 Å². The molecule has 0 atom stereocenters. The Hall–Kier alpha value is -2.71. The van der Waals surface area contributed by atoms with Crippen molar-refractivity contribution in [3.63, 3.8) is 0 Å². The Morgan fingerprint density at radius 2 is 1.88 bits per heavy atom. The first-order valence-corrected chi connectivity index (χ1v) is 7.96. The molecule has 8 nitrogen and oxygen atoms in total. The smallest absolute Gasteiger partial charge is 0.338 e. The number of amides is 3. The molecule has 0 radical (unpaired) electrons. The maximum Gasteiger partial charge on any atom is 0.338 e. The number of hydrogen-bond donors (Lipinski definition) is 2. The summed E-state index contributed by atoms with van der Waals surface area (Å²) in [5, 5.41) is 4.66. The Morgan fingerprint density at radius 1 is 1.19 bits per heavy atom. The zero-order valence-electron chi connectivity index (χ0n) is 13.5. The van der Waals surface area contributed by atoms with Gasteiger partial charge in [0.05, 0.1) is 35.5 Å². The van der Waals surface area contributed by atoms with Crippen LogP contribution in [0.5, 0.6) is 5.75 Å². The van der Waals surface area contributed by atoms with Crippen LogP contribution in [0, 0.1) is 0 Å². The summed E-state index contributed by atoms with van der Waals surface area (Å²) in [4.78, 5) is 35.1. The van der Waals surface area contributed by atoms with Crippen LogP contribution in [0.15, 0.2) is 34.9 Å². The van der Waals surface area contributed by atoms with Crippen molar-refractivity contribution >= 4 is 41.1 Å². The molecule has 1 aromatic heterocycles. The predicted octanol–water partition coefficient (Wildman–Crippen LogP) is 2.78. The summed E-state index contributed by atoms with van der Waals surface area (Å²) in [6.45, 7) is -0.553. The number of imide groups is 1. The number of halogens is 2. The lowest BCUT2D eigenvalue weighted by atomic mass is 10.2. The molecule has 0 saturated carbocycles. The van der Waals surface area contributed by atoms with E-state index in [1.807, 2.05) is 5.32 Å². The highest BCUT2D eigenvalue weighted by Gasteiger charge is 2.16. The monoisotopic (exact) mass is 400 g/mol. The van der Waals surface area contributed by atoms with Crippen molar-refractivity contribution < 1.29 is 28.3 Å². The van der Waals surface area contributed by atoms with E-state index in [2.05, 4.69) is 5.32 Å². The predicted molar refractivity (Wildman–Crippen MR) is 92.4 cm³/mol. The normalized spacial score (nSPS) is 10.1. The van der Waals surface area contributed by atoms with E-state index in [0.29, 0.717) is 5.76 Å². The van der Waals surface area contributed by atoms with Gasteiger partial charge >= 0.3 is 12.0 Å². The van der Waals surface area contributed by atoms with Gasteiger partial charge in [-0.1, -0.05) is 23.2 Å². The second-order valence-electron chi connectivity index (χ2n) is 4.86. The Morgan fingerprint density at radius 3 is 2.46 bits per heavy atom. The molecule has 0 aliphatic rings. The number of benzene rings is 1. The zero-order chi connectivity index (χ0) is 19.1.